The van der Waals surface area contributed by atoms with Crippen molar-refractivity contribution in [3.63, 3.8) is 0 Å². The van der Waals surface area contributed by atoms with E-state index in [9.17, 15) is 21.8 Å². The predicted octanol–water partition coefficient (Wildman–Crippen LogP) is 2.34. The van der Waals surface area contributed by atoms with Crippen LogP contribution >= 0.6 is 0 Å². The van der Waals surface area contributed by atoms with Crippen LogP contribution in [0.5, 0.6) is 0 Å². The molecule has 0 fully saturated rings. The number of alkyl halides is 3. The van der Waals surface area contributed by atoms with E-state index < -0.39 is 24.5 Å². The van der Waals surface area contributed by atoms with E-state index in [4.69, 9.17) is 0 Å². The molecule has 0 spiro atoms. The maximum absolute atomic E-state index is 11.9. The highest BCUT2D eigenvalue weighted by atomic mass is 19.4. The van der Waals surface area contributed by atoms with Gasteiger partial charge in [0.15, 0.2) is 0 Å². The zero-order chi connectivity index (χ0) is 10.1. The molecule has 0 N–H and O–H groups in total. The summed E-state index contributed by atoms with van der Waals surface area (Å²) in [5, 5.41) is 0. The van der Waals surface area contributed by atoms with Crippen LogP contribution in [0.1, 0.15) is 5.56 Å². The fraction of sp³-hybridized carbons (Fsp3) is 0.143. The lowest BCUT2D eigenvalue weighted by Gasteiger charge is -2.05. The molecule has 0 aliphatic heterocycles. The lowest BCUT2D eigenvalue weighted by molar-refractivity contribution is -0.137. The molecule has 0 saturated carbocycles. The van der Waals surface area contributed by atoms with Crippen molar-refractivity contribution >= 4 is 12.7 Å². The summed E-state index contributed by atoms with van der Waals surface area (Å²) < 4.78 is 59.6. The van der Waals surface area contributed by atoms with Crippen molar-refractivity contribution in [2.45, 2.75) is 6.18 Å². The van der Waals surface area contributed by atoms with Crippen LogP contribution in [-0.2, 0) is 6.18 Å². The molecule has 0 radical (unpaired) electrons. The zero-order valence-electron chi connectivity index (χ0n) is 6.28. The van der Waals surface area contributed by atoms with E-state index in [1.807, 2.05) is 0 Å². The largest absolute Gasteiger partial charge is 0.571 e. The molecule has 1 aromatic carbocycles. The Hall–Kier alpha value is -1.07. The topological polar surface area (TPSA) is 0 Å². The van der Waals surface area contributed by atoms with E-state index in [2.05, 4.69) is 0 Å². The Morgan fingerprint density at radius 3 is 1.69 bits per heavy atom. The van der Waals surface area contributed by atoms with Gasteiger partial charge in [0, 0.05) is 0 Å². The first kappa shape index (κ1) is 10.0. The van der Waals surface area contributed by atoms with Gasteiger partial charge in [0.25, 0.3) is 0 Å². The summed E-state index contributed by atoms with van der Waals surface area (Å²) in [5.41, 5.74) is -1.33. The molecule has 0 aliphatic carbocycles. The van der Waals surface area contributed by atoms with E-state index in [0.29, 0.717) is 12.1 Å². The smallest absolute Gasteiger partial charge is 0.281 e. The molecule has 0 heterocycles. The van der Waals surface area contributed by atoms with Crippen molar-refractivity contribution < 1.29 is 21.8 Å². The number of benzene rings is 1. The average molecular weight is 194 g/mol. The van der Waals surface area contributed by atoms with Crippen molar-refractivity contribution in [2.24, 2.45) is 0 Å². The van der Waals surface area contributed by atoms with Gasteiger partial charge in [-0.05, 0) is 5.46 Å². The fourth-order valence-electron chi connectivity index (χ4n) is 0.818. The van der Waals surface area contributed by atoms with Crippen LogP contribution in [-0.4, -0.2) is 7.27 Å². The number of rotatable bonds is 1. The first-order valence-electron chi connectivity index (χ1n) is 3.36. The molecule has 0 aromatic heterocycles. The highest BCUT2D eigenvalue weighted by molar-refractivity contribution is 6.59. The summed E-state index contributed by atoms with van der Waals surface area (Å²) in [5.74, 6) is 0. The molecule has 0 saturated heterocycles. The van der Waals surface area contributed by atoms with Gasteiger partial charge in [-0.3, -0.25) is 8.63 Å². The van der Waals surface area contributed by atoms with E-state index in [1.165, 1.54) is 0 Å². The van der Waals surface area contributed by atoms with Gasteiger partial charge in [0.2, 0.25) is 0 Å². The summed E-state index contributed by atoms with van der Waals surface area (Å²) in [4.78, 5) is 0. The summed E-state index contributed by atoms with van der Waals surface area (Å²) in [6.07, 6.45) is -4.47. The van der Waals surface area contributed by atoms with Crippen LogP contribution in [0.4, 0.5) is 21.8 Å². The minimum atomic E-state index is -4.47. The normalized spacial score (nSPS) is 11.5. The minimum absolute atomic E-state index is 0.409. The second-order valence-corrected chi connectivity index (χ2v) is 2.42. The predicted molar refractivity (Wildman–Crippen MR) is 39.0 cm³/mol. The summed E-state index contributed by atoms with van der Waals surface area (Å²) in [7, 11) is -2.73. The lowest BCUT2D eigenvalue weighted by Crippen LogP contribution is -2.20. The van der Waals surface area contributed by atoms with E-state index in [1.54, 1.807) is 0 Å². The van der Waals surface area contributed by atoms with E-state index in [0.717, 1.165) is 12.1 Å². The third kappa shape index (κ3) is 2.43. The molecule has 0 unspecified atom stereocenters. The van der Waals surface area contributed by atoms with Crippen LogP contribution in [0.3, 0.4) is 0 Å². The highest BCUT2D eigenvalue weighted by Crippen LogP contribution is 2.28. The van der Waals surface area contributed by atoms with Crippen molar-refractivity contribution in [1.82, 2.24) is 0 Å². The lowest BCUT2D eigenvalue weighted by atomic mass is 9.85. The van der Waals surface area contributed by atoms with Gasteiger partial charge >= 0.3 is 13.4 Å². The molecule has 0 atom stereocenters. The van der Waals surface area contributed by atoms with Gasteiger partial charge in [0.1, 0.15) is 0 Å². The van der Waals surface area contributed by atoms with Gasteiger partial charge < -0.3 is 0 Å². The average Bonchev–Trinajstić information content (AvgIpc) is 2.03. The van der Waals surface area contributed by atoms with Crippen molar-refractivity contribution in [3.8, 4) is 0 Å². The molecular formula is C7H4BF5. The van der Waals surface area contributed by atoms with Crippen molar-refractivity contribution in [3.05, 3.63) is 29.8 Å². The molecule has 70 valence electrons. The van der Waals surface area contributed by atoms with E-state index in [-0.39, 0.29) is 0 Å². The molecule has 0 bridgehead atoms. The Kier molecular flexibility index (Phi) is 2.59. The van der Waals surface area contributed by atoms with Crippen molar-refractivity contribution in [1.29, 1.82) is 0 Å². The third-order valence-corrected chi connectivity index (χ3v) is 1.49. The summed E-state index contributed by atoms with van der Waals surface area (Å²) in [6, 6.07) is 2.82. The van der Waals surface area contributed by atoms with Gasteiger partial charge in [-0.1, -0.05) is 24.3 Å². The van der Waals surface area contributed by atoms with Crippen LogP contribution in [0, 0.1) is 0 Å². The van der Waals surface area contributed by atoms with Crippen LogP contribution in [0.25, 0.3) is 0 Å². The molecule has 6 heteroatoms. The maximum atomic E-state index is 11.9. The molecule has 0 nitrogen and oxygen atoms in total. The van der Waals surface area contributed by atoms with Crippen molar-refractivity contribution in [2.75, 3.05) is 0 Å². The molecular weight excluding hydrogens is 190 g/mol. The highest BCUT2D eigenvalue weighted by Gasteiger charge is 2.30. The zero-order valence-corrected chi connectivity index (χ0v) is 6.28. The molecule has 0 aliphatic rings. The van der Waals surface area contributed by atoms with Gasteiger partial charge in [-0.2, -0.15) is 13.2 Å². The Bertz CT molecular complexity index is 276. The number of hydrogen-bond donors (Lipinski definition) is 0. The van der Waals surface area contributed by atoms with Gasteiger partial charge in [-0.15, -0.1) is 0 Å². The molecule has 1 rings (SSSR count). The first-order chi connectivity index (χ1) is 5.91. The molecule has 13 heavy (non-hydrogen) atoms. The minimum Gasteiger partial charge on any atom is -0.281 e. The first-order valence-corrected chi connectivity index (χ1v) is 3.36. The third-order valence-electron chi connectivity index (χ3n) is 1.49. The van der Waals surface area contributed by atoms with Crippen LogP contribution in [0.2, 0.25) is 0 Å². The second-order valence-electron chi connectivity index (χ2n) is 2.42. The SMILES string of the molecule is FB(F)c1ccc(C(F)(F)F)cc1. The summed E-state index contributed by atoms with van der Waals surface area (Å²) in [6.45, 7) is 0. The van der Waals surface area contributed by atoms with E-state index >= 15 is 0 Å². The Balaban J connectivity index is 2.94. The Labute approximate surface area is 71.5 Å². The summed E-state index contributed by atoms with van der Waals surface area (Å²) >= 11 is 0. The van der Waals surface area contributed by atoms with Gasteiger partial charge in [-0.25, -0.2) is 0 Å². The van der Waals surface area contributed by atoms with Crippen LogP contribution in [0.15, 0.2) is 24.3 Å². The van der Waals surface area contributed by atoms with Crippen LogP contribution < -0.4 is 5.46 Å². The van der Waals surface area contributed by atoms with Gasteiger partial charge in [0.05, 0.1) is 5.56 Å². The molecule has 1 aromatic rings. The maximum Gasteiger partial charge on any atom is 0.571 e. The monoisotopic (exact) mass is 194 g/mol. The quantitative estimate of drug-likeness (QED) is 0.475. The fourth-order valence-corrected chi connectivity index (χ4v) is 0.818. The number of halogens is 5. The second kappa shape index (κ2) is 3.36. The number of hydrogen-bond acceptors (Lipinski definition) is 0. The Morgan fingerprint density at radius 1 is 0.923 bits per heavy atom. The molecule has 0 amide bonds. The standard InChI is InChI=1S/C7H4BF5/c9-7(10,11)5-1-3-6(4-2-5)8(12)13/h1-4H. The Morgan fingerprint density at radius 2 is 1.38 bits per heavy atom.